The average molecular weight is 396 g/mol. The first-order valence-corrected chi connectivity index (χ1v) is 9.07. The summed E-state index contributed by atoms with van der Waals surface area (Å²) in [5.74, 6) is 2.18. The van der Waals surface area contributed by atoms with Crippen molar-refractivity contribution in [2.75, 3.05) is 11.4 Å². The van der Waals surface area contributed by atoms with Gasteiger partial charge in [0, 0.05) is 23.0 Å². The molecule has 0 bridgehead atoms. The maximum absolute atomic E-state index is 12.9. The molecule has 0 aliphatic carbocycles. The van der Waals surface area contributed by atoms with Gasteiger partial charge in [-0.15, -0.1) is 6.42 Å². The summed E-state index contributed by atoms with van der Waals surface area (Å²) in [6.45, 7) is -0.0674. The van der Waals surface area contributed by atoms with Gasteiger partial charge in [0.2, 0.25) is 0 Å². The Bertz CT molecular complexity index is 1290. The first kappa shape index (κ1) is 18.9. The van der Waals surface area contributed by atoms with Crippen molar-refractivity contribution < 1.29 is 14.7 Å². The molecule has 1 amide bonds. The fourth-order valence-electron chi connectivity index (χ4n) is 3.21. The molecule has 1 N–H and O–H groups in total. The summed E-state index contributed by atoms with van der Waals surface area (Å²) in [7, 11) is 0. The first-order chi connectivity index (χ1) is 14.6. The van der Waals surface area contributed by atoms with Gasteiger partial charge in [0.1, 0.15) is 0 Å². The van der Waals surface area contributed by atoms with Crippen LogP contribution in [-0.4, -0.2) is 38.1 Å². The van der Waals surface area contributed by atoms with Crippen molar-refractivity contribution in [3.63, 3.8) is 0 Å². The summed E-state index contributed by atoms with van der Waals surface area (Å²) >= 11 is 0. The summed E-state index contributed by atoms with van der Waals surface area (Å²) in [5, 5.41) is 13.8. The highest BCUT2D eigenvalue weighted by Crippen LogP contribution is 2.26. The molecule has 0 fully saturated rings. The Morgan fingerprint density at radius 1 is 1.10 bits per heavy atom. The van der Waals surface area contributed by atoms with E-state index in [2.05, 4.69) is 16.0 Å². The lowest BCUT2D eigenvalue weighted by molar-refractivity contribution is 0.104. The van der Waals surface area contributed by atoms with Crippen LogP contribution in [0.25, 0.3) is 16.9 Å². The number of hydrogen-bond acceptors (Lipinski definition) is 4. The SMILES string of the molecule is C#CCN(C(=O)O)c1cccc(-c2ccnc3c(C(=O)c4ccccc4)cnn23)c1. The number of carbonyl (C=O) groups is 2. The Morgan fingerprint density at radius 2 is 1.90 bits per heavy atom. The highest BCUT2D eigenvalue weighted by Gasteiger charge is 2.18. The molecule has 0 unspecified atom stereocenters. The van der Waals surface area contributed by atoms with Crippen molar-refractivity contribution in [3.05, 3.63) is 84.2 Å². The summed E-state index contributed by atoms with van der Waals surface area (Å²) in [6.07, 6.45) is 7.25. The Balaban J connectivity index is 1.79. The Labute approximate surface area is 172 Å². The second-order valence-electron chi connectivity index (χ2n) is 6.44. The van der Waals surface area contributed by atoms with Crippen molar-refractivity contribution in [1.82, 2.24) is 14.6 Å². The van der Waals surface area contributed by atoms with Gasteiger partial charge in [-0.05, 0) is 18.2 Å². The van der Waals surface area contributed by atoms with Crippen LogP contribution in [0.5, 0.6) is 0 Å². The number of nitrogens with zero attached hydrogens (tertiary/aromatic N) is 4. The number of hydrogen-bond donors (Lipinski definition) is 1. The van der Waals surface area contributed by atoms with Crippen LogP contribution in [0.4, 0.5) is 10.5 Å². The maximum Gasteiger partial charge on any atom is 0.412 e. The molecule has 0 aliphatic rings. The van der Waals surface area contributed by atoms with Gasteiger partial charge in [-0.1, -0.05) is 48.4 Å². The lowest BCUT2D eigenvalue weighted by atomic mass is 10.1. The van der Waals surface area contributed by atoms with Crippen LogP contribution in [0, 0.1) is 12.3 Å². The molecular weight excluding hydrogens is 380 g/mol. The maximum atomic E-state index is 12.9. The smallest absolute Gasteiger partial charge is 0.412 e. The van der Waals surface area contributed by atoms with E-state index >= 15 is 0 Å². The van der Waals surface area contributed by atoms with E-state index < -0.39 is 6.09 Å². The molecule has 0 aliphatic heterocycles. The van der Waals surface area contributed by atoms with Gasteiger partial charge in [-0.3, -0.25) is 9.69 Å². The summed E-state index contributed by atoms with van der Waals surface area (Å²) in [6, 6.07) is 17.6. The van der Waals surface area contributed by atoms with Crippen LogP contribution in [-0.2, 0) is 0 Å². The van der Waals surface area contributed by atoms with E-state index in [9.17, 15) is 14.7 Å². The van der Waals surface area contributed by atoms with E-state index in [1.807, 2.05) is 12.1 Å². The van der Waals surface area contributed by atoms with Crippen molar-refractivity contribution in [3.8, 4) is 23.6 Å². The van der Waals surface area contributed by atoms with Gasteiger partial charge >= 0.3 is 6.09 Å². The van der Waals surface area contributed by atoms with Gasteiger partial charge in [-0.2, -0.15) is 5.10 Å². The number of terminal acetylenes is 1. The highest BCUT2D eigenvalue weighted by atomic mass is 16.4. The number of aromatic nitrogens is 3. The van der Waals surface area contributed by atoms with E-state index in [1.165, 1.54) is 6.20 Å². The number of ketones is 1. The topological polar surface area (TPSA) is 87.8 Å². The standard InChI is InChI=1S/C23H16N4O3/c1-2-13-26(23(29)30)18-10-6-9-17(14-18)20-11-12-24-22-19(15-25-27(20)22)21(28)16-7-4-3-5-8-16/h1,3-12,14-15H,13H2,(H,29,30). The fraction of sp³-hybridized carbons (Fsp3) is 0.0435. The largest absolute Gasteiger partial charge is 0.465 e. The van der Waals surface area contributed by atoms with Crippen molar-refractivity contribution in [1.29, 1.82) is 0 Å². The lowest BCUT2D eigenvalue weighted by Gasteiger charge is -2.17. The molecular formula is C23H16N4O3. The van der Waals surface area contributed by atoms with Gasteiger partial charge in [0.25, 0.3) is 0 Å². The molecule has 0 atom stereocenters. The third-order valence-corrected chi connectivity index (χ3v) is 4.62. The van der Waals surface area contributed by atoms with Crippen molar-refractivity contribution >= 4 is 23.2 Å². The zero-order valence-electron chi connectivity index (χ0n) is 15.8. The molecule has 4 rings (SSSR count). The molecule has 2 aromatic heterocycles. The highest BCUT2D eigenvalue weighted by molar-refractivity contribution is 6.12. The molecule has 0 radical (unpaired) electrons. The fourth-order valence-corrected chi connectivity index (χ4v) is 3.21. The predicted octanol–water partition coefficient (Wildman–Crippen LogP) is 3.74. The van der Waals surface area contributed by atoms with E-state index in [4.69, 9.17) is 6.42 Å². The minimum absolute atomic E-state index is 0.0674. The van der Waals surface area contributed by atoms with Gasteiger partial charge in [0.15, 0.2) is 11.4 Å². The Morgan fingerprint density at radius 3 is 2.63 bits per heavy atom. The predicted molar refractivity (Wildman–Crippen MR) is 113 cm³/mol. The van der Waals surface area contributed by atoms with Crippen LogP contribution >= 0.6 is 0 Å². The molecule has 30 heavy (non-hydrogen) atoms. The van der Waals surface area contributed by atoms with E-state index in [0.717, 1.165) is 4.90 Å². The quantitative estimate of drug-likeness (QED) is 0.410. The first-order valence-electron chi connectivity index (χ1n) is 9.07. The van der Waals surface area contributed by atoms with Crippen molar-refractivity contribution in [2.24, 2.45) is 0 Å². The third kappa shape index (κ3) is 3.38. The van der Waals surface area contributed by atoms with Crippen molar-refractivity contribution in [2.45, 2.75) is 0 Å². The molecule has 0 saturated carbocycles. The third-order valence-electron chi connectivity index (χ3n) is 4.62. The molecule has 2 aromatic carbocycles. The summed E-state index contributed by atoms with van der Waals surface area (Å²) in [4.78, 5) is 29.8. The van der Waals surface area contributed by atoms with E-state index in [0.29, 0.717) is 33.7 Å². The number of fused-ring (bicyclic) bond motifs is 1. The molecule has 7 heteroatoms. The Kier molecular flexibility index (Phi) is 4.97. The molecule has 4 aromatic rings. The van der Waals surface area contributed by atoms with E-state index in [-0.39, 0.29) is 12.3 Å². The monoisotopic (exact) mass is 396 g/mol. The van der Waals surface area contributed by atoms with Gasteiger partial charge in [-0.25, -0.2) is 14.3 Å². The van der Waals surface area contributed by atoms with Crippen LogP contribution in [0.3, 0.4) is 0 Å². The molecule has 0 saturated heterocycles. The number of rotatable bonds is 5. The van der Waals surface area contributed by atoms with Crippen LogP contribution in [0.15, 0.2) is 73.1 Å². The zero-order chi connectivity index (χ0) is 21.1. The van der Waals surface area contributed by atoms with E-state index in [1.54, 1.807) is 59.2 Å². The summed E-state index contributed by atoms with van der Waals surface area (Å²) < 4.78 is 1.57. The summed E-state index contributed by atoms with van der Waals surface area (Å²) in [5.41, 5.74) is 3.18. The van der Waals surface area contributed by atoms with Crippen LogP contribution < -0.4 is 4.90 Å². The second kappa shape index (κ2) is 7.89. The Hall–Kier alpha value is -4.44. The van der Waals surface area contributed by atoms with Gasteiger partial charge < -0.3 is 5.11 Å². The number of carbonyl (C=O) groups excluding carboxylic acids is 1. The lowest BCUT2D eigenvalue weighted by Crippen LogP contribution is -2.29. The molecule has 0 spiro atoms. The molecule has 7 nitrogen and oxygen atoms in total. The average Bonchev–Trinajstić information content (AvgIpc) is 3.21. The number of carboxylic acid groups (broad SMARTS) is 1. The normalized spacial score (nSPS) is 10.5. The number of benzene rings is 2. The zero-order valence-corrected chi connectivity index (χ0v) is 15.8. The minimum Gasteiger partial charge on any atom is -0.465 e. The molecule has 2 heterocycles. The number of amides is 1. The second-order valence-corrected chi connectivity index (χ2v) is 6.44. The minimum atomic E-state index is -1.14. The van der Waals surface area contributed by atoms with Gasteiger partial charge in [0.05, 0.1) is 24.0 Å². The van der Waals surface area contributed by atoms with Crippen LogP contribution in [0.2, 0.25) is 0 Å². The molecule has 146 valence electrons. The van der Waals surface area contributed by atoms with Crippen LogP contribution in [0.1, 0.15) is 15.9 Å². The number of anilines is 1.